The maximum Gasteiger partial charge on any atom is 0.137 e. The first-order valence-electron chi connectivity index (χ1n) is 7.57. The topological polar surface area (TPSA) is 55.0 Å². The molecule has 0 amide bonds. The fourth-order valence-electron chi connectivity index (χ4n) is 2.35. The maximum absolute atomic E-state index is 6.06. The van der Waals surface area contributed by atoms with Gasteiger partial charge in [0.05, 0.1) is 0 Å². The van der Waals surface area contributed by atoms with E-state index >= 15 is 0 Å². The van der Waals surface area contributed by atoms with Gasteiger partial charge in [-0.15, -0.1) is 0 Å². The number of nitrogen functional groups attached to an aromatic ring is 1. The van der Waals surface area contributed by atoms with Crippen LogP contribution in [-0.4, -0.2) is 16.5 Å². The van der Waals surface area contributed by atoms with Gasteiger partial charge in [-0.3, -0.25) is 0 Å². The molecule has 0 saturated carbocycles. The van der Waals surface area contributed by atoms with E-state index < -0.39 is 0 Å². The zero-order valence-corrected chi connectivity index (χ0v) is 13.1. The lowest BCUT2D eigenvalue weighted by Gasteiger charge is -2.24. The Labute approximate surface area is 127 Å². The van der Waals surface area contributed by atoms with Crippen LogP contribution in [0.1, 0.15) is 37.2 Å². The minimum absolute atomic E-state index is 0.593. The van der Waals surface area contributed by atoms with E-state index in [4.69, 9.17) is 10.7 Å². The summed E-state index contributed by atoms with van der Waals surface area (Å²) in [7, 11) is 0. The molecule has 0 atom stereocenters. The van der Waals surface area contributed by atoms with Crippen molar-refractivity contribution in [1.82, 2.24) is 9.97 Å². The van der Waals surface area contributed by atoms with Crippen molar-refractivity contribution in [3.63, 3.8) is 0 Å². The molecule has 1 heterocycles. The highest BCUT2D eigenvalue weighted by atomic mass is 15.2. The third-order valence-electron chi connectivity index (χ3n) is 3.58. The second-order valence-corrected chi connectivity index (χ2v) is 5.22. The van der Waals surface area contributed by atoms with Crippen LogP contribution in [0.25, 0.3) is 0 Å². The first-order valence-corrected chi connectivity index (χ1v) is 7.57. The van der Waals surface area contributed by atoms with Crippen molar-refractivity contribution in [2.45, 2.75) is 40.2 Å². The number of hydrogen-bond acceptors (Lipinski definition) is 4. The van der Waals surface area contributed by atoms with Crippen LogP contribution in [0, 0.1) is 6.92 Å². The molecule has 0 saturated heterocycles. The van der Waals surface area contributed by atoms with E-state index in [2.05, 4.69) is 48.0 Å². The lowest BCUT2D eigenvalue weighted by Crippen LogP contribution is -2.25. The minimum atomic E-state index is 0.593. The molecule has 0 fully saturated rings. The summed E-state index contributed by atoms with van der Waals surface area (Å²) in [5.74, 6) is 2.38. The lowest BCUT2D eigenvalue weighted by molar-refractivity contribution is 0.776. The van der Waals surface area contributed by atoms with Crippen LogP contribution in [-0.2, 0) is 13.0 Å². The van der Waals surface area contributed by atoms with Crippen molar-refractivity contribution in [2.24, 2.45) is 0 Å². The van der Waals surface area contributed by atoms with Gasteiger partial charge in [0.15, 0.2) is 0 Å². The number of aromatic nitrogens is 2. The molecule has 0 aliphatic heterocycles. The monoisotopic (exact) mass is 284 g/mol. The molecule has 1 aromatic carbocycles. The molecule has 21 heavy (non-hydrogen) atoms. The van der Waals surface area contributed by atoms with E-state index in [1.54, 1.807) is 0 Å². The maximum atomic E-state index is 6.06. The number of rotatable bonds is 6. The van der Waals surface area contributed by atoms with Crippen LogP contribution in [0.3, 0.4) is 0 Å². The SMILES string of the molecule is CCCc1nc(N)c(C)c(N(CC)Cc2ccccc2)n1. The predicted molar refractivity (Wildman–Crippen MR) is 88.3 cm³/mol. The Morgan fingerprint density at radius 2 is 1.81 bits per heavy atom. The molecule has 0 aliphatic rings. The second-order valence-electron chi connectivity index (χ2n) is 5.22. The molecule has 4 nitrogen and oxygen atoms in total. The van der Waals surface area contributed by atoms with E-state index in [-0.39, 0.29) is 0 Å². The summed E-state index contributed by atoms with van der Waals surface area (Å²) in [6, 6.07) is 10.4. The summed E-state index contributed by atoms with van der Waals surface area (Å²) in [6.07, 6.45) is 1.88. The normalized spacial score (nSPS) is 10.6. The Morgan fingerprint density at radius 3 is 2.43 bits per heavy atom. The average molecular weight is 284 g/mol. The fraction of sp³-hybridized carbons (Fsp3) is 0.412. The number of aryl methyl sites for hydroxylation is 1. The van der Waals surface area contributed by atoms with Crippen LogP contribution in [0.15, 0.2) is 30.3 Å². The summed E-state index contributed by atoms with van der Waals surface area (Å²) in [4.78, 5) is 11.4. The molecule has 0 aliphatic carbocycles. The summed E-state index contributed by atoms with van der Waals surface area (Å²) in [5, 5.41) is 0. The highest BCUT2D eigenvalue weighted by molar-refractivity contribution is 5.56. The summed E-state index contributed by atoms with van der Waals surface area (Å²) in [5.41, 5.74) is 8.30. The fourth-order valence-corrected chi connectivity index (χ4v) is 2.35. The van der Waals surface area contributed by atoms with Gasteiger partial charge in [0.1, 0.15) is 17.5 Å². The van der Waals surface area contributed by atoms with Crippen molar-refractivity contribution in [3.8, 4) is 0 Å². The Hall–Kier alpha value is -2.10. The Bertz CT molecular complexity index is 581. The Balaban J connectivity index is 2.32. The highest BCUT2D eigenvalue weighted by Crippen LogP contribution is 2.23. The van der Waals surface area contributed by atoms with E-state index in [0.29, 0.717) is 5.82 Å². The molecule has 112 valence electrons. The number of nitrogens with two attached hydrogens (primary N) is 1. The molecule has 0 radical (unpaired) electrons. The molecule has 2 aromatic rings. The quantitative estimate of drug-likeness (QED) is 0.884. The van der Waals surface area contributed by atoms with Crippen molar-refractivity contribution >= 4 is 11.6 Å². The van der Waals surface area contributed by atoms with Gasteiger partial charge in [-0.05, 0) is 25.8 Å². The van der Waals surface area contributed by atoms with E-state index in [1.807, 2.05) is 13.0 Å². The van der Waals surface area contributed by atoms with Gasteiger partial charge in [0.25, 0.3) is 0 Å². The number of nitrogens with zero attached hydrogens (tertiary/aromatic N) is 3. The second kappa shape index (κ2) is 7.07. The van der Waals surface area contributed by atoms with Gasteiger partial charge in [-0.2, -0.15) is 0 Å². The first-order chi connectivity index (χ1) is 10.2. The Morgan fingerprint density at radius 1 is 1.10 bits per heavy atom. The molecule has 0 spiro atoms. The molecular formula is C17H24N4. The molecule has 0 unspecified atom stereocenters. The van der Waals surface area contributed by atoms with Gasteiger partial charge >= 0.3 is 0 Å². The number of anilines is 2. The van der Waals surface area contributed by atoms with E-state index in [1.165, 1.54) is 5.56 Å². The van der Waals surface area contributed by atoms with Crippen molar-refractivity contribution in [1.29, 1.82) is 0 Å². The zero-order chi connectivity index (χ0) is 15.2. The smallest absolute Gasteiger partial charge is 0.137 e. The van der Waals surface area contributed by atoms with Gasteiger partial charge in [0.2, 0.25) is 0 Å². The van der Waals surface area contributed by atoms with Gasteiger partial charge in [0, 0.05) is 25.1 Å². The number of hydrogen-bond donors (Lipinski definition) is 1. The van der Waals surface area contributed by atoms with Crippen molar-refractivity contribution < 1.29 is 0 Å². The lowest BCUT2D eigenvalue weighted by atomic mass is 10.2. The van der Waals surface area contributed by atoms with Crippen LogP contribution in [0.5, 0.6) is 0 Å². The van der Waals surface area contributed by atoms with Gasteiger partial charge in [-0.25, -0.2) is 9.97 Å². The molecule has 1 aromatic heterocycles. The summed E-state index contributed by atoms with van der Waals surface area (Å²) in [6.45, 7) is 7.98. The molecule has 4 heteroatoms. The minimum Gasteiger partial charge on any atom is -0.383 e. The largest absolute Gasteiger partial charge is 0.383 e. The van der Waals surface area contributed by atoms with Crippen LogP contribution < -0.4 is 10.6 Å². The predicted octanol–water partition coefficient (Wildman–Crippen LogP) is 3.35. The van der Waals surface area contributed by atoms with Gasteiger partial charge in [-0.1, -0.05) is 37.3 Å². The highest BCUT2D eigenvalue weighted by Gasteiger charge is 2.14. The van der Waals surface area contributed by atoms with Crippen molar-refractivity contribution in [2.75, 3.05) is 17.2 Å². The zero-order valence-electron chi connectivity index (χ0n) is 13.1. The Kier molecular flexibility index (Phi) is 5.14. The number of benzene rings is 1. The molecule has 0 bridgehead atoms. The average Bonchev–Trinajstić information content (AvgIpc) is 2.50. The van der Waals surface area contributed by atoms with Crippen molar-refractivity contribution in [3.05, 3.63) is 47.3 Å². The third kappa shape index (κ3) is 3.72. The first kappa shape index (κ1) is 15.3. The van der Waals surface area contributed by atoms with Crippen LogP contribution >= 0.6 is 0 Å². The van der Waals surface area contributed by atoms with Gasteiger partial charge < -0.3 is 10.6 Å². The molecule has 2 N–H and O–H groups in total. The summed E-state index contributed by atoms with van der Waals surface area (Å²) < 4.78 is 0. The standard InChI is InChI=1S/C17H24N4/c1-4-9-15-19-16(18)13(3)17(20-15)21(5-2)12-14-10-7-6-8-11-14/h6-8,10-11H,4-5,9,12H2,1-3H3,(H2,18,19,20). The van der Waals surface area contributed by atoms with Crippen LogP contribution in [0.4, 0.5) is 11.6 Å². The van der Waals surface area contributed by atoms with E-state index in [9.17, 15) is 0 Å². The third-order valence-corrected chi connectivity index (χ3v) is 3.58. The van der Waals surface area contributed by atoms with E-state index in [0.717, 1.165) is 43.1 Å². The van der Waals surface area contributed by atoms with Crippen LogP contribution in [0.2, 0.25) is 0 Å². The molecular weight excluding hydrogens is 260 g/mol. The molecule has 2 rings (SSSR count). The summed E-state index contributed by atoms with van der Waals surface area (Å²) >= 11 is 0.